The minimum absolute atomic E-state index is 0.188. The lowest BCUT2D eigenvalue weighted by Crippen LogP contribution is -2.41. The Labute approximate surface area is 113 Å². The lowest BCUT2D eigenvalue weighted by Gasteiger charge is -2.13. The maximum absolute atomic E-state index is 11.0. The Morgan fingerprint density at radius 2 is 1.89 bits per heavy atom. The number of carbonyl (C=O) groups is 3. The molecule has 0 unspecified atom stereocenters. The highest BCUT2D eigenvalue weighted by Crippen LogP contribution is 2.22. The summed E-state index contributed by atoms with van der Waals surface area (Å²) in [7, 11) is 3.72. The number of methoxy groups -OCH3 is 1. The zero-order chi connectivity index (χ0) is 14.1. The number of amides is 1. The molecule has 0 aliphatic rings. The van der Waals surface area contributed by atoms with Crippen molar-refractivity contribution in [3.05, 3.63) is 0 Å². The average molecular weight is 296 g/mol. The molecule has 0 spiro atoms. The van der Waals surface area contributed by atoms with Gasteiger partial charge >= 0.3 is 11.9 Å². The fraction of sp³-hybridized carbons (Fsp3) is 0.667. The second-order valence-electron chi connectivity index (χ2n) is 3.29. The Morgan fingerprint density at radius 3 is 2.33 bits per heavy atom. The second-order valence-corrected chi connectivity index (χ2v) is 5.84. The van der Waals surface area contributed by atoms with E-state index in [0.717, 1.165) is 0 Å². The van der Waals surface area contributed by atoms with Crippen LogP contribution in [0.15, 0.2) is 0 Å². The summed E-state index contributed by atoms with van der Waals surface area (Å²) in [6.45, 7) is 1.25. The number of esters is 1. The standard InChI is InChI=1S/C9H16N2O5S2/c1-5(12)11-7(8(13)14)4-18-17-3-6(10)9(15)16-2/h6-7H,3-4,10H2,1-2H3,(H,11,12)(H,13,14)/t6-,7-/m0/s1. The van der Waals surface area contributed by atoms with Gasteiger partial charge in [-0.15, -0.1) is 0 Å². The fourth-order valence-electron chi connectivity index (χ4n) is 0.877. The van der Waals surface area contributed by atoms with E-state index < -0.39 is 29.9 Å². The van der Waals surface area contributed by atoms with Gasteiger partial charge in [-0.05, 0) is 0 Å². The molecule has 104 valence electrons. The van der Waals surface area contributed by atoms with E-state index in [9.17, 15) is 14.4 Å². The summed E-state index contributed by atoms with van der Waals surface area (Å²) in [5, 5.41) is 11.1. The van der Waals surface area contributed by atoms with Gasteiger partial charge in [0, 0.05) is 18.4 Å². The van der Waals surface area contributed by atoms with Crippen molar-refractivity contribution in [2.75, 3.05) is 18.6 Å². The van der Waals surface area contributed by atoms with Gasteiger partial charge in [0.25, 0.3) is 0 Å². The van der Waals surface area contributed by atoms with E-state index in [-0.39, 0.29) is 5.75 Å². The van der Waals surface area contributed by atoms with Crippen molar-refractivity contribution in [2.45, 2.75) is 19.0 Å². The molecule has 0 aliphatic heterocycles. The Morgan fingerprint density at radius 1 is 1.33 bits per heavy atom. The number of hydrogen-bond donors (Lipinski definition) is 3. The summed E-state index contributed by atoms with van der Waals surface area (Å²) in [6.07, 6.45) is 0. The molecule has 0 rings (SSSR count). The summed E-state index contributed by atoms with van der Waals surface area (Å²) < 4.78 is 4.44. The molecule has 0 aliphatic carbocycles. The lowest BCUT2D eigenvalue weighted by atomic mass is 10.3. The maximum atomic E-state index is 11.0. The minimum atomic E-state index is -1.10. The zero-order valence-corrected chi connectivity index (χ0v) is 11.7. The largest absolute Gasteiger partial charge is 0.480 e. The van der Waals surface area contributed by atoms with Gasteiger partial charge in [0.05, 0.1) is 7.11 Å². The number of hydrogen-bond acceptors (Lipinski definition) is 7. The second kappa shape index (κ2) is 9.06. The molecule has 0 bridgehead atoms. The van der Waals surface area contributed by atoms with Crippen molar-refractivity contribution in [1.82, 2.24) is 5.32 Å². The van der Waals surface area contributed by atoms with E-state index in [4.69, 9.17) is 10.8 Å². The summed E-state index contributed by atoms with van der Waals surface area (Å²) in [5.41, 5.74) is 5.49. The van der Waals surface area contributed by atoms with Crippen LogP contribution >= 0.6 is 21.6 Å². The van der Waals surface area contributed by atoms with Crippen LogP contribution < -0.4 is 11.1 Å². The fourth-order valence-corrected chi connectivity index (χ4v) is 3.14. The molecule has 1 amide bonds. The summed E-state index contributed by atoms with van der Waals surface area (Å²) in [5.74, 6) is -1.52. The topological polar surface area (TPSA) is 119 Å². The van der Waals surface area contributed by atoms with Crippen LogP contribution in [0.2, 0.25) is 0 Å². The highest BCUT2D eigenvalue weighted by molar-refractivity contribution is 8.76. The molecule has 4 N–H and O–H groups in total. The van der Waals surface area contributed by atoms with Crippen molar-refractivity contribution in [1.29, 1.82) is 0 Å². The molecule has 0 heterocycles. The molecule has 0 fully saturated rings. The predicted molar refractivity (Wildman–Crippen MR) is 70.1 cm³/mol. The molecule has 0 aromatic heterocycles. The molecular formula is C9H16N2O5S2. The van der Waals surface area contributed by atoms with E-state index in [1.807, 2.05) is 0 Å². The first-order valence-corrected chi connectivity index (χ1v) is 7.45. The van der Waals surface area contributed by atoms with Gasteiger partial charge in [-0.2, -0.15) is 0 Å². The number of carboxylic acids is 1. The summed E-state index contributed by atoms with van der Waals surface area (Å²) >= 11 is 0. The van der Waals surface area contributed by atoms with E-state index in [0.29, 0.717) is 5.75 Å². The Bertz CT molecular complexity index is 313. The third-order valence-corrected chi connectivity index (χ3v) is 4.19. The van der Waals surface area contributed by atoms with Crippen molar-refractivity contribution in [3.63, 3.8) is 0 Å². The van der Waals surface area contributed by atoms with Crippen LogP contribution in [-0.4, -0.2) is 53.7 Å². The van der Waals surface area contributed by atoms with Crippen LogP contribution in [0.4, 0.5) is 0 Å². The third kappa shape index (κ3) is 7.41. The van der Waals surface area contributed by atoms with E-state index in [1.165, 1.54) is 35.6 Å². The number of carboxylic acid groups (broad SMARTS) is 1. The highest BCUT2D eigenvalue weighted by Gasteiger charge is 2.19. The molecule has 2 atom stereocenters. The van der Waals surface area contributed by atoms with Crippen molar-refractivity contribution >= 4 is 39.4 Å². The van der Waals surface area contributed by atoms with Gasteiger partial charge in [-0.25, -0.2) is 4.79 Å². The van der Waals surface area contributed by atoms with Crippen LogP contribution in [0.3, 0.4) is 0 Å². The van der Waals surface area contributed by atoms with Crippen molar-refractivity contribution in [2.24, 2.45) is 5.73 Å². The molecular weight excluding hydrogens is 280 g/mol. The third-order valence-electron chi connectivity index (χ3n) is 1.75. The molecule has 18 heavy (non-hydrogen) atoms. The molecule has 9 heteroatoms. The normalized spacial score (nSPS) is 13.5. The number of rotatable bonds is 8. The molecule has 0 aromatic carbocycles. The Kier molecular flexibility index (Phi) is 8.59. The minimum Gasteiger partial charge on any atom is -0.480 e. The zero-order valence-electron chi connectivity index (χ0n) is 10.0. The summed E-state index contributed by atoms with van der Waals surface area (Å²) in [6, 6.07) is -1.69. The number of carbonyl (C=O) groups excluding carboxylic acids is 2. The lowest BCUT2D eigenvalue weighted by molar-refractivity contribution is -0.141. The molecule has 0 radical (unpaired) electrons. The average Bonchev–Trinajstić information content (AvgIpc) is 2.30. The van der Waals surface area contributed by atoms with Crippen molar-refractivity contribution < 1.29 is 24.2 Å². The highest BCUT2D eigenvalue weighted by atomic mass is 33.1. The smallest absolute Gasteiger partial charge is 0.327 e. The first-order valence-electron chi connectivity index (χ1n) is 4.96. The van der Waals surface area contributed by atoms with Gasteiger partial charge in [-0.3, -0.25) is 9.59 Å². The first kappa shape index (κ1) is 17.1. The SMILES string of the molecule is COC(=O)[C@@H](N)CSSC[C@H](NC(C)=O)C(=O)O. The Balaban J connectivity index is 3.90. The van der Waals surface area contributed by atoms with Crippen LogP contribution in [0.25, 0.3) is 0 Å². The van der Waals surface area contributed by atoms with Crippen LogP contribution in [0, 0.1) is 0 Å². The maximum Gasteiger partial charge on any atom is 0.327 e. The molecule has 0 saturated heterocycles. The van der Waals surface area contributed by atoms with Crippen molar-refractivity contribution in [3.8, 4) is 0 Å². The van der Waals surface area contributed by atoms with Gasteiger partial charge < -0.3 is 20.9 Å². The first-order chi connectivity index (χ1) is 8.38. The molecule has 7 nitrogen and oxygen atoms in total. The summed E-state index contributed by atoms with van der Waals surface area (Å²) in [4.78, 5) is 32.5. The van der Waals surface area contributed by atoms with E-state index in [2.05, 4.69) is 10.1 Å². The van der Waals surface area contributed by atoms with E-state index >= 15 is 0 Å². The number of ether oxygens (including phenoxy) is 1. The van der Waals surface area contributed by atoms with Crippen LogP contribution in [0.1, 0.15) is 6.92 Å². The van der Waals surface area contributed by atoms with Gasteiger partial charge in [-0.1, -0.05) is 21.6 Å². The number of nitrogens with two attached hydrogens (primary N) is 1. The number of aliphatic carboxylic acids is 1. The quantitative estimate of drug-likeness (QED) is 0.310. The molecule has 0 saturated carbocycles. The van der Waals surface area contributed by atoms with Crippen LogP contribution in [0.5, 0.6) is 0 Å². The monoisotopic (exact) mass is 296 g/mol. The van der Waals surface area contributed by atoms with Gasteiger partial charge in [0.2, 0.25) is 5.91 Å². The van der Waals surface area contributed by atoms with Crippen LogP contribution in [-0.2, 0) is 19.1 Å². The predicted octanol–water partition coefficient (Wildman–Crippen LogP) is -0.543. The number of nitrogens with one attached hydrogen (secondary N) is 1. The van der Waals surface area contributed by atoms with Gasteiger partial charge in [0.1, 0.15) is 12.1 Å². The Hall–Kier alpha value is -0.930. The van der Waals surface area contributed by atoms with Gasteiger partial charge in [0.15, 0.2) is 0 Å². The van der Waals surface area contributed by atoms with E-state index in [1.54, 1.807) is 0 Å². The molecule has 0 aromatic rings.